The van der Waals surface area contributed by atoms with Crippen molar-refractivity contribution in [3.63, 3.8) is 0 Å². The molecule has 0 radical (unpaired) electrons. The fraction of sp³-hybridized carbons (Fsp3) is 0.250. The van der Waals surface area contributed by atoms with Crippen LogP contribution in [0.5, 0.6) is 5.75 Å². The number of esters is 1. The Kier molecular flexibility index (Phi) is 8.08. The van der Waals surface area contributed by atoms with E-state index in [-0.39, 0.29) is 18.7 Å². The molecule has 0 atom stereocenters. The van der Waals surface area contributed by atoms with Crippen molar-refractivity contribution in [2.75, 3.05) is 25.1 Å². The first-order chi connectivity index (χ1) is 13.8. The number of halogens is 2. The average molecular weight is 406 g/mol. The first-order valence-electron chi connectivity index (χ1n) is 8.71. The van der Waals surface area contributed by atoms with Crippen molar-refractivity contribution in [1.29, 1.82) is 0 Å². The topological polar surface area (TPSA) is 93.7 Å². The molecule has 7 nitrogen and oxygen atoms in total. The summed E-state index contributed by atoms with van der Waals surface area (Å²) in [6.07, 6.45) is -0.0434. The van der Waals surface area contributed by atoms with Crippen LogP contribution in [-0.4, -0.2) is 37.5 Å². The number of carbonyl (C=O) groups excluding carboxylic acids is 3. The lowest BCUT2D eigenvalue weighted by molar-refractivity contribution is -0.149. The summed E-state index contributed by atoms with van der Waals surface area (Å²) in [5, 5.41) is 4.54. The number of anilines is 1. The summed E-state index contributed by atoms with van der Waals surface area (Å²) >= 11 is 0. The summed E-state index contributed by atoms with van der Waals surface area (Å²) in [7, 11) is 0. The van der Waals surface area contributed by atoms with Crippen molar-refractivity contribution < 1.29 is 32.6 Å². The van der Waals surface area contributed by atoms with Crippen molar-refractivity contribution in [2.45, 2.75) is 13.3 Å². The summed E-state index contributed by atoms with van der Waals surface area (Å²) in [4.78, 5) is 35.0. The van der Waals surface area contributed by atoms with Crippen LogP contribution >= 0.6 is 0 Å². The molecule has 0 saturated carbocycles. The van der Waals surface area contributed by atoms with Crippen LogP contribution in [0.25, 0.3) is 0 Å². The Morgan fingerprint density at radius 1 is 1.00 bits per heavy atom. The molecule has 29 heavy (non-hydrogen) atoms. The van der Waals surface area contributed by atoms with Gasteiger partial charge >= 0.3 is 5.97 Å². The zero-order valence-corrected chi connectivity index (χ0v) is 15.7. The summed E-state index contributed by atoms with van der Waals surface area (Å²) in [5.41, 5.74) is 0.977. The molecule has 154 valence electrons. The number of carbonyl (C=O) groups is 3. The van der Waals surface area contributed by atoms with Gasteiger partial charge in [-0.05, 0) is 30.7 Å². The van der Waals surface area contributed by atoms with Gasteiger partial charge in [-0.1, -0.05) is 18.2 Å². The van der Waals surface area contributed by atoms with Crippen molar-refractivity contribution in [3.8, 4) is 5.75 Å². The molecule has 2 amide bonds. The highest BCUT2D eigenvalue weighted by molar-refractivity contribution is 5.94. The second-order valence-corrected chi connectivity index (χ2v) is 5.98. The zero-order valence-electron chi connectivity index (χ0n) is 15.7. The van der Waals surface area contributed by atoms with Crippen molar-refractivity contribution in [3.05, 3.63) is 59.7 Å². The number of rotatable bonds is 9. The second kappa shape index (κ2) is 10.7. The van der Waals surface area contributed by atoms with Gasteiger partial charge in [-0.25, -0.2) is 8.78 Å². The molecular formula is C20H20F2N2O5. The highest BCUT2D eigenvalue weighted by Crippen LogP contribution is 2.16. The molecule has 0 aromatic heterocycles. The van der Waals surface area contributed by atoms with Gasteiger partial charge in [-0.3, -0.25) is 14.4 Å². The molecule has 2 rings (SSSR count). The van der Waals surface area contributed by atoms with E-state index in [1.54, 1.807) is 6.07 Å². The monoisotopic (exact) mass is 406 g/mol. The highest BCUT2D eigenvalue weighted by Gasteiger charge is 2.11. The summed E-state index contributed by atoms with van der Waals surface area (Å²) in [6.45, 7) is 0.996. The number of aryl methyl sites for hydroxylation is 1. The van der Waals surface area contributed by atoms with E-state index in [0.29, 0.717) is 5.75 Å². The van der Waals surface area contributed by atoms with Gasteiger partial charge in [0.2, 0.25) is 5.91 Å². The van der Waals surface area contributed by atoms with E-state index < -0.39 is 42.6 Å². The maximum Gasteiger partial charge on any atom is 0.309 e. The van der Waals surface area contributed by atoms with E-state index in [1.807, 2.05) is 25.1 Å². The third-order valence-electron chi connectivity index (χ3n) is 3.67. The summed E-state index contributed by atoms with van der Waals surface area (Å²) in [6, 6.07) is 10.2. The predicted molar refractivity (Wildman–Crippen MR) is 100 cm³/mol. The Morgan fingerprint density at radius 2 is 1.76 bits per heavy atom. The number of ether oxygens (including phenoxy) is 2. The van der Waals surface area contributed by atoms with Crippen molar-refractivity contribution in [2.24, 2.45) is 0 Å². The van der Waals surface area contributed by atoms with Crippen molar-refractivity contribution >= 4 is 23.5 Å². The molecule has 2 aromatic rings. The number of hydrogen-bond donors (Lipinski definition) is 2. The number of nitrogens with one attached hydrogen (secondary N) is 2. The van der Waals surface area contributed by atoms with Gasteiger partial charge in [0.1, 0.15) is 5.75 Å². The first kappa shape index (κ1) is 21.8. The number of hydrogen-bond acceptors (Lipinski definition) is 5. The van der Waals surface area contributed by atoms with Crippen molar-refractivity contribution in [1.82, 2.24) is 5.32 Å². The number of para-hydroxylation sites is 1. The normalized spacial score (nSPS) is 10.2. The van der Waals surface area contributed by atoms with Gasteiger partial charge in [-0.15, -0.1) is 0 Å². The van der Waals surface area contributed by atoms with E-state index in [4.69, 9.17) is 9.47 Å². The third kappa shape index (κ3) is 7.57. The predicted octanol–water partition coefficient (Wildman–Crippen LogP) is 2.34. The molecule has 2 aromatic carbocycles. The Hall–Kier alpha value is -3.49. The van der Waals surface area contributed by atoms with Crippen LogP contribution in [0.2, 0.25) is 0 Å². The van der Waals surface area contributed by atoms with Crippen LogP contribution < -0.4 is 15.4 Å². The Balaban J connectivity index is 1.62. The van der Waals surface area contributed by atoms with Gasteiger partial charge in [0.15, 0.2) is 18.2 Å². The van der Waals surface area contributed by atoms with Crippen LogP contribution in [0, 0.1) is 18.6 Å². The second-order valence-electron chi connectivity index (χ2n) is 5.98. The maximum atomic E-state index is 13.1. The van der Waals surface area contributed by atoms with Crippen LogP contribution in [0.4, 0.5) is 14.5 Å². The fourth-order valence-corrected chi connectivity index (χ4v) is 2.19. The molecule has 0 bridgehead atoms. The minimum absolute atomic E-state index is 0.0434. The number of benzene rings is 2. The molecule has 0 heterocycles. The largest absolute Gasteiger partial charge is 0.493 e. The first-order valence-corrected chi connectivity index (χ1v) is 8.71. The van der Waals surface area contributed by atoms with Gasteiger partial charge in [0.25, 0.3) is 5.91 Å². The van der Waals surface area contributed by atoms with E-state index in [0.717, 1.165) is 17.7 Å². The molecule has 0 saturated heterocycles. The van der Waals surface area contributed by atoms with E-state index in [1.165, 1.54) is 6.07 Å². The van der Waals surface area contributed by atoms with Gasteiger partial charge in [0.05, 0.1) is 19.6 Å². The molecule has 0 aliphatic heterocycles. The summed E-state index contributed by atoms with van der Waals surface area (Å²) in [5.74, 6) is -3.45. The molecule has 0 spiro atoms. The molecule has 0 fully saturated rings. The molecule has 0 aliphatic rings. The fourth-order valence-electron chi connectivity index (χ4n) is 2.19. The Morgan fingerprint density at radius 3 is 2.48 bits per heavy atom. The molecule has 0 aliphatic carbocycles. The molecule has 0 unspecified atom stereocenters. The average Bonchev–Trinajstić information content (AvgIpc) is 2.69. The minimum Gasteiger partial charge on any atom is -0.493 e. The van der Waals surface area contributed by atoms with E-state index in [9.17, 15) is 23.2 Å². The lowest BCUT2D eigenvalue weighted by atomic mass is 10.2. The lowest BCUT2D eigenvalue weighted by Gasteiger charge is -2.09. The molecular weight excluding hydrogens is 386 g/mol. The summed E-state index contributed by atoms with van der Waals surface area (Å²) < 4.78 is 36.2. The Bertz CT molecular complexity index is 889. The van der Waals surface area contributed by atoms with Crippen LogP contribution in [-0.2, 0) is 19.1 Å². The minimum atomic E-state index is -1.11. The smallest absolute Gasteiger partial charge is 0.309 e. The highest BCUT2D eigenvalue weighted by atomic mass is 19.2. The van der Waals surface area contributed by atoms with Crippen LogP contribution in [0.15, 0.2) is 42.5 Å². The van der Waals surface area contributed by atoms with Gasteiger partial charge in [0, 0.05) is 11.8 Å². The van der Waals surface area contributed by atoms with Gasteiger partial charge in [-0.2, -0.15) is 0 Å². The van der Waals surface area contributed by atoms with Crippen LogP contribution in [0.1, 0.15) is 12.0 Å². The molecule has 9 heteroatoms. The zero-order chi connectivity index (χ0) is 21.2. The lowest BCUT2D eigenvalue weighted by Crippen LogP contribution is -2.35. The number of amides is 2. The molecule has 2 N–H and O–H groups in total. The van der Waals surface area contributed by atoms with E-state index >= 15 is 0 Å². The standard InChI is InChI=1S/C20H20F2N2O5/c1-13-4-2-3-5-17(13)28-9-8-20(27)29-12-19(26)23-11-18(25)24-14-6-7-15(21)16(22)10-14/h2-7,10H,8-9,11-12H2,1H3,(H,23,26)(H,24,25). The van der Waals surface area contributed by atoms with Gasteiger partial charge < -0.3 is 20.1 Å². The quantitative estimate of drug-likeness (QED) is 0.624. The SMILES string of the molecule is Cc1ccccc1OCCC(=O)OCC(=O)NCC(=O)Nc1ccc(F)c(F)c1. The Labute approximate surface area is 166 Å². The maximum absolute atomic E-state index is 13.1. The third-order valence-corrected chi connectivity index (χ3v) is 3.67. The van der Waals surface area contributed by atoms with E-state index in [2.05, 4.69) is 10.6 Å². The van der Waals surface area contributed by atoms with Crippen LogP contribution in [0.3, 0.4) is 0 Å².